The molecule has 1 aromatic carbocycles. The Kier molecular flexibility index (Phi) is 10.3. The molecule has 0 saturated heterocycles. The summed E-state index contributed by atoms with van der Waals surface area (Å²) in [6.45, 7) is 7.29. The van der Waals surface area contributed by atoms with Gasteiger partial charge in [0.2, 0.25) is 0 Å². The largest absolute Gasteiger partial charge is 0.380 e. The topological polar surface area (TPSA) is 45.7 Å². The van der Waals surface area contributed by atoms with Crippen LogP contribution in [0.4, 0.5) is 4.39 Å². The summed E-state index contributed by atoms with van der Waals surface area (Å²) in [6, 6.07) is 5.37. The maximum Gasteiger partial charge on any atom is 0.191 e. The standard InChI is InChI=1S/C16H26FN3O.HI/c1-11(2)12(3)20-16(18-4)19-9-13-6-7-15(17)14(8-13)10-21-5;/h6-8,11-12H,9-10H2,1-5H3,(H2,18,19,20);1H. The highest BCUT2D eigenvalue weighted by molar-refractivity contribution is 14.0. The van der Waals surface area contributed by atoms with E-state index in [1.54, 1.807) is 20.2 Å². The molecule has 0 saturated carbocycles. The van der Waals surface area contributed by atoms with Crippen molar-refractivity contribution < 1.29 is 9.13 Å². The number of benzene rings is 1. The van der Waals surface area contributed by atoms with Crippen LogP contribution < -0.4 is 10.6 Å². The van der Waals surface area contributed by atoms with Gasteiger partial charge in [0.15, 0.2) is 5.96 Å². The zero-order chi connectivity index (χ0) is 15.8. The van der Waals surface area contributed by atoms with Crippen molar-refractivity contribution in [3.63, 3.8) is 0 Å². The third kappa shape index (κ3) is 6.91. The van der Waals surface area contributed by atoms with E-state index in [0.717, 1.165) is 11.5 Å². The molecule has 0 spiro atoms. The predicted molar refractivity (Wildman–Crippen MR) is 100 cm³/mol. The summed E-state index contributed by atoms with van der Waals surface area (Å²) >= 11 is 0. The normalized spacial score (nSPS) is 12.8. The van der Waals surface area contributed by atoms with Crippen molar-refractivity contribution in [2.45, 2.75) is 40.0 Å². The number of aliphatic imine (C=N–C) groups is 1. The Morgan fingerprint density at radius 1 is 1.32 bits per heavy atom. The van der Waals surface area contributed by atoms with Crippen LogP contribution >= 0.6 is 24.0 Å². The molecule has 4 nitrogen and oxygen atoms in total. The molecule has 6 heteroatoms. The van der Waals surface area contributed by atoms with Crippen molar-refractivity contribution in [3.05, 3.63) is 35.1 Å². The minimum Gasteiger partial charge on any atom is -0.380 e. The van der Waals surface area contributed by atoms with Crippen LogP contribution in [-0.4, -0.2) is 26.2 Å². The van der Waals surface area contributed by atoms with Crippen molar-refractivity contribution in [3.8, 4) is 0 Å². The number of hydrogen-bond acceptors (Lipinski definition) is 2. The van der Waals surface area contributed by atoms with Crippen molar-refractivity contribution in [1.29, 1.82) is 0 Å². The van der Waals surface area contributed by atoms with Gasteiger partial charge in [-0.25, -0.2) is 4.39 Å². The smallest absolute Gasteiger partial charge is 0.191 e. The second-order valence-electron chi connectivity index (χ2n) is 5.46. The first-order valence-corrected chi connectivity index (χ1v) is 7.21. The zero-order valence-electron chi connectivity index (χ0n) is 13.9. The van der Waals surface area contributed by atoms with E-state index >= 15 is 0 Å². The van der Waals surface area contributed by atoms with Crippen LogP contribution in [0.25, 0.3) is 0 Å². The molecule has 0 amide bonds. The van der Waals surface area contributed by atoms with Gasteiger partial charge in [-0.1, -0.05) is 19.9 Å². The van der Waals surface area contributed by atoms with Gasteiger partial charge in [0.1, 0.15) is 5.82 Å². The van der Waals surface area contributed by atoms with Crippen LogP contribution in [0, 0.1) is 11.7 Å². The second kappa shape index (κ2) is 10.8. The molecule has 2 N–H and O–H groups in total. The molecule has 0 aliphatic carbocycles. The molecule has 0 aliphatic heterocycles. The lowest BCUT2D eigenvalue weighted by molar-refractivity contribution is 0.181. The highest BCUT2D eigenvalue weighted by atomic mass is 127. The van der Waals surface area contributed by atoms with Gasteiger partial charge in [-0.2, -0.15) is 0 Å². The summed E-state index contributed by atoms with van der Waals surface area (Å²) in [4.78, 5) is 4.20. The lowest BCUT2D eigenvalue weighted by Crippen LogP contribution is -2.43. The van der Waals surface area contributed by atoms with E-state index in [1.807, 2.05) is 6.07 Å². The molecule has 0 radical (unpaired) electrons. The van der Waals surface area contributed by atoms with E-state index in [-0.39, 0.29) is 36.4 Å². The van der Waals surface area contributed by atoms with Gasteiger partial charge in [0.25, 0.3) is 0 Å². The van der Waals surface area contributed by atoms with Gasteiger partial charge in [-0.3, -0.25) is 4.99 Å². The molecule has 0 bridgehead atoms. The molecule has 1 rings (SSSR count). The van der Waals surface area contributed by atoms with E-state index in [4.69, 9.17) is 4.74 Å². The molecule has 1 aromatic rings. The summed E-state index contributed by atoms with van der Waals surface area (Å²) in [5, 5.41) is 6.56. The first-order chi connectivity index (χ1) is 9.97. The molecule has 0 aliphatic rings. The number of ether oxygens (including phenoxy) is 1. The summed E-state index contributed by atoms with van der Waals surface area (Å²) < 4.78 is 18.5. The third-order valence-electron chi connectivity index (χ3n) is 3.46. The van der Waals surface area contributed by atoms with Gasteiger partial charge in [0.05, 0.1) is 6.61 Å². The van der Waals surface area contributed by atoms with Gasteiger partial charge >= 0.3 is 0 Å². The first-order valence-electron chi connectivity index (χ1n) is 7.21. The quantitative estimate of drug-likeness (QED) is 0.420. The van der Waals surface area contributed by atoms with Crippen LogP contribution in [0.1, 0.15) is 31.9 Å². The maximum absolute atomic E-state index is 13.5. The SMILES string of the molecule is CN=C(NCc1ccc(F)c(COC)c1)NC(C)C(C)C.I. The summed E-state index contributed by atoms with van der Waals surface area (Å²) in [5.74, 6) is 1.02. The summed E-state index contributed by atoms with van der Waals surface area (Å²) in [5.41, 5.74) is 1.55. The van der Waals surface area contributed by atoms with Crippen LogP contribution in [0.15, 0.2) is 23.2 Å². The summed E-state index contributed by atoms with van der Waals surface area (Å²) in [7, 11) is 3.30. The van der Waals surface area contributed by atoms with E-state index < -0.39 is 0 Å². The van der Waals surface area contributed by atoms with Crippen LogP contribution in [-0.2, 0) is 17.9 Å². The van der Waals surface area contributed by atoms with Crippen molar-refractivity contribution in [2.75, 3.05) is 14.2 Å². The Balaban J connectivity index is 0.00000441. The highest BCUT2D eigenvalue weighted by Gasteiger charge is 2.09. The molecule has 0 heterocycles. The molecule has 126 valence electrons. The molecule has 1 unspecified atom stereocenters. The lowest BCUT2D eigenvalue weighted by Gasteiger charge is -2.20. The number of nitrogens with zero attached hydrogens (tertiary/aromatic N) is 1. The fourth-order valence-electron chi connectivity index (χ4n) is 1.77. The first kappa shape index (κ1) is 21.1. The summed E-state index contributed by atoms with van der Waals surface area (Å²) in [6.07, 6.45) is 0. The van der Waals surface area contributed by atoms with Gasteiger partial charge < -0.3 is 15.4 Å². The van der Waals surface area contributed by atoms with E-state index in [9.17, 15) is 4.39 Å². The molecular weight excluding hydrogens is 396 g/mol. The number of methoxy groups -OCH3 is 1. The van der Waals surface area contributed by atoms with Crippen LogP contribution in [0.5, 0.6) is 0 Å². The molecule has 0 fully saturated rings. The number of nitrogens with one attached hydrogen (secondary N) is 2. The predicted octanol–water partition coefficient (Wildman–Crippen LogP) is 3.30. The average Bonchev–Trinajstić information content (AvgIpc) is 2.46. The average molecular weight is 423 g/mol. The number of rotatable bonds is 6. The van der Waals surface area contributed by atoms with Gasteiger partial charge in [-0.05, 0) is 30.5 Å². The van der Waals surface area contributed by atoms with Gasteiger partial charge in [-0.15, -0.1) is 24.0 Å². The molecule has 0 aromatic heterocycles. The van der Waals surface area contributed by atoms with Crippen LogP contribution in [0.3, 0.4) is 0 Å². The van der Waals surface area contributed by atoms with Crippen molar-refractivity contribution >= 4 is 29.9 Å². The molecule has 22 heavy (non-hydrogen) atoms. The lowest BCUT2D eigenvalue weighted by atomic mass is 10.1. The van der Waals surface area contributed by atoms with E-state index in [0.29, 0.717) is 24.1 Å². The Labute approximate surface area is 149 Å². The van der Waals surface area contributed by atoms with Crippen LogP contribution in [0.2, 0.25) is 0 Å². The number of hydrogen-bond donors (Lipinski definition) is 2. The van der Waals surface area contributed by atoms with Crippen molar-refractivity contribution in [1.82, 2.24) is 10.6 Å². The minimum absolute atomic E-state index is 0. The van der Waals surface area contributed by atoms with E-state index in [1.165, 1.54) is 6.07 Å². The maximum atomic E-state index is 13.5. The minimum atomic E-state index is -0.239. The fourth-order valence-corrected chi connectivity index (χ4v) is 1.77. The Morgan fingerprint density at radius 3 is 2.55 bits per heavy atom. The fraction of sp³-hybridized carbons (Fsp3) is 0.562. The Hall–Kier alpha value is -0.890. The monoisotopic (exact) mass is 423 g/mol. The zero-order valence-corrected chi connectivity index (χ0v) is 16.3. The third-order valence-corrected chi connectivity index (χ3v) is 3.46. The van der Waals surface area contributed by atoms with Gasteiger partial charge in [0, 0.05) is 32.3 Å². The highest BCUT2D eigenvalue weighted by Crippen LogP contribution is 2.11. The number of halogens is 2. The van der Waals surface area contributed by atoms with E-state index in [2.05, 4.69) is 36.4 Å². The van der Waals surface area contributed by atoms with Crippen molar-refractivity contribution in [2.24, 2.45) is 10.9 Å². The Bertz CT molecular complexity index is 480. The molecule has 1 atom stereocenters. The second-order valence-corrected chi connectivity index (χ2v) is 5.46. The Morgan fingerprint density at radius 2 is 2.00 bits per heavy atom. The number of guanidine groups is 1. The molecular formula is C16H27FIN3O.